The molecule has 0 aliphatic rings. The number of anilines is 1. The van der Waals surface area contributed by atoms with E-state index in [-0.39, 0.29) is 11.3 Å². The molecule has 2 unspecified atom stereocenters. The highest BCUT2D eigenvalue weighted by molar-refractivity contribution is 7.80. The lowest BCUT2D eigenvalue weighted by molar-refractivity contribution is 0.0336. The first-order valence-corrected chi connectivity index (χ1v) is 5.58. The first-order valence-electron chi connectivity index (χ1n) is 4.95. The molecule has 0 radical (unpaired) electrons. The number of carbonyl (C=O) groups is 1. The lowest BCUT2D eigenvalue weighted by Gasteiger charge is -2.17. The van der Waals surface area contributed by atoms with Crippen molar-refractivity contribution in [1.82, 2.24) is 0 Å². The smallest absolute Gasteiger partial charge is 0.337 e. The Morgan fingerprint density at radius 1 is 1.47 bits per heavy atom. The van der Waals surface area contributed by atoms with E-state index in [1.54, 1.807) is 0 Å². The van der Waals surface area contributed by atoms with Crippen LogP contribution in [0.5, 0.6) is 0 Å². The molecule has 0 fully saturated rings. The van der Waals surface area contributed by atoms with Gasteiger partial charge in [-0.05, 0) is 23.8 Å². The topological polar surface area (TPSA) is 92.8 Å². The number of benzene rings is 1. The molecule has 1 rings (SSSR count). The zero-order valence-corrected chi connectivity index (χ0v) is 10.2. The van der Waals surface area contributed by atoms with Crippen LogP contribution < -0.4 is 5.73 Å². The van der Waals surface area contributed by atoms with Crippen molar-refractivity contribution in [3.8, 4) is 0 Å². The van der Waals surface area contributed by atoms with Gasteiger partial charge < -0.3 is 20.7 Å². The van der Waals surface area contributed by atoms with Crippen LogP contribution in [0.15, 0.2) is 18.2 Å². The zero-order valence-electron chi connectivity index (χ0n) is 9.33. The fraction of sp³-hybridized carbons (Fsp3) is 0.364. The van der Waals surface area contributed by atoms with Crippen molar-refractivity contribution in [3.05, 3.63) is 29.3 Å². The van der Waals surface area contributed by atoms with Crippen LogP contribution in [0, 0.1) is 0 Å². The molecule has 6 heteroatoms. The maximum Gasteiger partial charge on any atom is 0.337 e. The largest absolute Gasteiger partial charge is 0.465 e. The Bertz CT molecular complexity index is 410. The van der Waals surface area contributed by atoms with Crippen LogP contribution in [0.25, 0.3) is 0 Å². The summed E-state index contributed by atoms with van der Waals surface area (Å²) in [5.41, 5.74) is 6.51. The molecule has 0 aliphatic carbocycles. The molecular weight excluding hydrogens is 242 g/mol. The Morgan fingerprint density at radius 3 is 2.65 bits per heavy atom. The number of esters is 1. The first-order chi connectivity index (χ1) is 7.99. The number of aliphatic hydroxyl groups excluding tert-OH is 2. The molecule has 0 amide bonds. The summed E-state index contributed by atoms with van der Waals surface area (Å²) in [5.74, 6) is -0.449. The molecule has 5 nitrogen and oxygen atoms in total. The van der Waals surface area contributed by atoms with Gasteiger partial charge in [0.2, 0.25) is 0 Å². The molecule has 1 aromatic rings. The van der Waals surface area contributed by atoms with Crippen molar-refractivity contribution >= 4 is 24.3 Å². The molecule has 0 saturated carbocycles. The number of thiol groups is 1. The van der Waals surface area contributed by atoms with Crippen LogP contribution in [0.4, 0.5) is 5.69 Å². The van der Waals surface area contributed by atoms with E-state index in [1.807, 2.05) is 0 Å². The van der Waals surface area contributed by atoms with Gasteiger partial charge in [-0.25, -0.2) is 4.79 Å². The third-order valence-electron chi connectivity index (χ3n) is 2.29. The quantitative estimate of drug-likeness (QED) is 0.355. The van der Waals surface area contributed by atoms with Crippen molar-refractivity contribution in [3.63, 3.8) is 0 Å². The van der Waals surface area contributed by atoms with Gasteiger partial charge in [0.05, 0.1) is 18.8 Å². The molecule has 94 valence electrons. The van der Waals surface area contributed by atoms with E-state index in [4.69, 9.17) is 5.73 Å². The highest BCUT2D eigenvalue weighted by atomic mass is 32.1. The minimum absolute atomic E-state index is 0.101. The van der Waals surface area contributed by atoms with Crippen LogP contribution in [0.1, 0.15) is 22.0 Å². The summed E-state index contributed by atoms with van der Waals surface area (Å²) in [7, 11) is 1.25. The standard InChI is InChI=1S/C11H15NO4S/c1-16-11(15)7-2-6(3-8(12)4-7)10(14)9(13)5-17/h2-4,9-10,13-14,17H,5,12H2,1H3. The summed E-state index contributed by atoms with van der Waals surface area (Å²) in [6.07, 6.45) is -2.16. The number of nitrogen functional groups attached to an aromatic ring is 1. The van der Waals surface area contributed by atoms with Crippen molar-refractivity contribution in [2.45, 2.75) is 12.2 Å². The van der Waals surface area contributed by atoms with Crippen LogP contribution in [-0.4, -0.2) is 35.1 Å². The predicted molar refractivity (Wildman–Crippen MR) is 67.0 cm³/mol. The van der Waals surface area contributed by atoms with Crippen LogP contribution >= 0.6 is 12.6 Å². The van der Waals surface area contributed by atoms with Gasteiger partial charge in [-0.2, -0.15) is 12.6 Å². The maximum atomic E-state index is 11.3. The maximum absolute atomic E-state index is 11.3. The monoisotopic (exact) mass is 257 g/mol. The van der Waals surface area contributed by atoms with Crippen LogP contribution in [0.2, 0.25) is 0 Å². The van der Waals surface area contributed by atoms with E-state index in [1.165, 1.54) is 25.3 Å². The number of carbonyl (C=O) groups excluding carboxylic acids is 1. The second-order valence-electron chi connectivity index (χ2n) is 3.57. The predicted octanol–water partition coefficient (Wildman–Crippen LogP) is 0.380. The molecule has 0 aliphatic heterocycles. The highest BCUT2D eigenvalue weighted by Gasteiger charge is 2.19. The number of aliphatic hydroxyl groups is 2. The molecule has 0 bridgehead atoms. The molecule has 1 aromatic carbocycles. The van der Waals surface area contributed by atoms with E-state index in [2.05, 4.69) is 17.4 Å². The Hall–Kier alpha value is -1.24. The summed E-state index contributed by atoms with van der Waals surface area (Å²) in [6.45, 7) is 0. The van der Waals surface area contributed by atoms with Crippen LogP contribution in [0.3, 0.4) is 0 Å². The van der Waals surface area contributed by atoms with Gasteiger partial charge in [0.15, 0.2) is 0 Å². The molecule has 4 N–H and O–H groups in total. The summed E-state index contributed by atoms with van der Waals surface area (Å²) < 4.78 is 4.56. The van der Waals surface area contributed by atoms with Crippen molar-refractivity contribution in [2.24, 2.45) is 0 Å². The van der Waals surface area contributed by atoms with Crippen molar-refractivity contribution in [1.29, 1.82) is 0 Å². The van der Waals surface area contributed by atoms with E-state index in [0.29, 0.717) is 11.3 Å². The fourth-order valence-corrected chi connectivity index (χ4v) is 1.60. The summed E-state index contributed by atoms with van der Waals surface area (Å²) >= 11 is 3.88. The highest BCUT2D eigenvalue weighted by Crippen LogP contribution is 2.22. The van der Waals surface area contributed by atoms with Crippen molar-refractivity contribution in [2.75, 3.05) is 18.6 Å². The molecular formula is C11H15NO4S. The number of hydrogen-bond donors (Lipinski definition) is 4. The Morgan fingerprint density at radius 2 is 2.12 bits per heavy atom. The number of rotatable bonds is 4. The fourth-order valence-electron chi connectivity index (χ4n) is 1.41. The third-order valence-corrected chi connectivity index (χ3v) is 2.67. The second kappa shape index (κ2) is 5.90. The minimum Gasteiger partial charge on any atom is -0.465 e. The molecule has 0 spiro atoms. The van der Waals surface area contributed by atoms with Gasteiger partial charge in [0.1, 0.15) is 6.10 Å². The lowest BCUT2D eigenvalue weighted by Crippen LogP contribution is -2.20. The van der Waals surface area contributed by atoms with Gasteiger partial charge >= 0.3 is 5.97 Å². The third kappa shape index (κ3) is 3.36. The lowest BCUT2D eigenvalue weighted by atomic mass is 10.0. The number of methoxy groups -OCH3 is 1. The average Bonchev–Trinajstić information content (AvgIpc) is 2.35. The first kappa shape index (κ1) is 13.8. The Balaban J connectivity index is 3.09. The molecule has 17 heavy (non-hydrogen) atoms. The summed E-state index contributed by atoms with van der Waals surface area (Å²) in [6, 6.07) is 4.36. The van der Waals surface area contributed by atoms with Gasteiger partial charge in [-0.3, -0.25) is 0 Å². The average molecular weight is 257 g/mol. The summed E-state index contributed by atoms with van der Waals surface area (Å²) in [4.78, 5) is 11.3. The second-order valence-corrected chi connectivity index (χ2v) is 3.94. The SMILES string of the molecule is COC(=O)c1cc(N)cc(C(O)C(O)CS)c1. The molecule has 2 atom stereocenters. The Labute approximate surface area is 105 Å². The van der Waals surface area contributed by atoms with Gasteiger partial charge in [0, 0.05) is 11.4 Å². The minimum atomic E-state index is -1.14. The molecule has 0 saturated heterocycles. The van der Waals surface area contributed by atoms with E-state index in [0.717, 1.165) is 0 Å². The number of ether oxygens (including phenoxy) is 1. The number of nitrogens with two attached hydrogens (primary N) is 1. The zero-order chi connectivity index (χ0) is 13.0. The summed E-state index contributed by atoms with van der Waals surface area (Å²) in [5, 5.41) is 19.3. The van der Waals surface area contributed by atoms with Crippen molar-refractivity contribution < 1.29 is 19.7 Å². The molecule has 0 aromatic heterocycles. The number of hydrogen-bond acceptors (Lipinski definition) is 6. The van der Waals surface area contributed by atoms with E-state index in [9.17, 15) is 15.0 Å². The van der Waals surface area contributed by atoms with Crippen LogP contribution in [-0.2, 0) is 4.74 Å². The molecule has 0 heterocycles. The van der Waals surface area contributed by atoms with E-state index >= 15 is 0 Å². The van der Waals surface area contributed by atoms with Gasteiger partial charge in [0.25, 0.3) is 0 Å². The Kier molecular flexibility index (Phi) is 4.80. The normalized spacial score (nSPS) is 14.1. The van der Waals surface area contributed by atoms with Gasteiger partial charge in [-0.15, -0.1) is 0 Å². The van der Waals surface area contributed by atoms with E-state index < -0.39 is 18.2 Å². The van der Waals surface area contributed by atoms with Gasteiger partial charge in [-0.1, -0.05) is 0 Å².